The predicted octanol–water partition coefficient (Wildman–Crippen LogP) is 10.2. The minimum Gasteiger partial charge on any atom is -0.439 e. The molecule has 0 bridgehead atoms. The Kier molecular flexibility index (Phi) is 12.0. The maximum Gasteiger partial charge on any atom is 0.374 e. The zero-order chi connectivity index (χ0) is 27.1. The number of oxazole rings is 1. The first-order valence-corrected chi connectivity index (χ1v) is 15.5. The molecule has 0 amide bonds. The smallest absolute Gasteiger partial charge is 0.374 e. The van der Waals surface area contributed by atoms with Crippen LogP contribution in [0.2, 0.25) is 0 Å². The fourth-order valence-electron chi connectivity index (χ4n) is 5.40. The minimum atomic E-state index is 0.729. The zero-order valence-electron chi connectivity index (χ0n) is 24.3. The lowest BCUT2D eigenvalue weighted by Crippen LogP contribution is -2.35. The van der Waals surface area contributed by atoms with Gasteiger partial charge in [-0.25, -0.2) is 0 Å². The molecule has 0 atom stereocenters. The van der Waals surface area contributed by atoms with E-state index < -0.39 is 0 Å². The SMILES string of the molecule is CC(C)CCCCCCCCCCCCCCC[n+]1c(C=CC=C2Nc3ccccc3O2)oc2ccccc21. The fraction of sp³-hybridized carbons (Fsp3) is 0.514. The van der Waals surface area contributed by atoms with Crippen LogP contribution in [0.3, 0.4) is 0 Å². The molecule has 0 aliphatic carbocycles. The van der Waals surface area contributed by atoms with Gasteiger partial charge in [0, 0.05) is 12.5 Å². The van der Waals surface area contributed by atoms with Crippen LogP contribution in [0.1, 0.15) is 110 Å². The molecule has 4 heteroatoms. The van der Waals surface area contributed by atoms with Crippen molar-refractivity contribution in [2.24, 2.45) is 5.92 Å². The van der Waals surface area contributed by atoms with Crippen LogP contribution in [0, 0.1) is 5.92 Å². The summed E-state index contributed by atoms with van der Waals surface area (Å²) < 4.78 is 14.4. The number of hydrogen-bond acceptors (Lipinski definition) is 3. The van der Waals surface area contributed by atoms with E-state index in [2.05, 4.69) is 35.9 Å². The number of anilines is 1. The normalized spacial score (nSPS) is 14.0. The molecule has 0 saturated carbocycles. The van der Waals surface area contributed by atoms with E-state index in [1.165, 1.54) is 89.9 Å². The quantitative estimate of drug-likeness (QED) is 0.132. The number of aryl methyl sites for hydroxylation is 1. The van der Waals surface area contributed by atoms with E-state index in [-0.39, 0.29) is 0 Å². The Morgan fingerprint density at radius 1 is 0.744 bits per heavy atom. The fourth-order valence-corrected chi connectivity index (χ4v) is 5.40. The molecule has 2 aromatic carbocycles. The number of allylic oxidation sites excluding steroid dienone is 2. The van der Waals surface area contributed by atoms with Crippen LogP contribution in [-0.4, -0.2) is 0 Å². The van der Waals surface area contributed by atoms with Gasteiger partial charge in [0.15, 0.2) is 18.2 Å². The van der Waals surface area contributed by atoms with Crippen LogP contribution in [0.25, 0.3) is 17.2 Å². The van der Waals surface area contributed by atoms with Crippen molar-refractivity contribution in [1.29, 1.82) is 0 Å². The lowest BCUT2D eigenvalue weighted by Gasteiger charge is -2.04. The first-order chi connectivity index (χ1) is 19.2. The number of nitrogens with zero attached hydrogens (tertiary/aromatic N) is 1. The van der Waals surface area contributed by atoms with E-state index in [1.807, 2.05) is 54.6 Å². The molecule has 1 aliphatic heterocycles. The highest BCUT2D eigenvalue weighted by Gasteiger charge is 2.20. The third kappa shape index (κ3) is 9.60. The van der Waals surface area contributed by atoms with Crippen LogP contribution in [0.15, 0.2) is 71.0 Å². The molecule has 0 unspecified atom stereocenters. The molecule has 0 radical (unpaired) electrons. The minimum absolute atomic E-state index is 0.729. The monoisotopic (exact) mass is 529 g/mol. The zero-order valence-corrected chi connectivity index (χ0v) is 24.3. The van der Waals surface area contributed by atoms with Crippen molar-refractivity contribution in [2.45, 2.75) is 110 Å². The van der Waals surface area contributed by atoms with Gasteiger partial charge in [-0.2, -0.15) is 4.57 Å². The van der Waals surface area contributed by atoms with Crippen LogP contribution in [0.4, 0.5) is 5.69 Å². The van der Waals surface area contributed by atoms with Crippen LogP contribution >= 0.6 is 0 Å². The average molecular weight is 530 g/mol. The number of fused-ring (bicyclic) bond motifs is 2. The number of rotatable bonds is 18. The van der Waals surface area contributed by atoms with Gasteiger partial charge in [0.2, 0.25) is 5.58 Å². The summed E-state index contributed by atoms with van der Waals surface area (Å²) in [6.45, 7) is 5.64. The number of unbranched alkanes of at least 4 members (excludes halogenated alkanes) is 12. The summed E-state index contributed by atoms with van der Waals surface area (Å²) in [5.74, 6) is 3.33. The number of ether oxygens (including phenoxy) is 1. The van der Waals surface area contributed by atoms with E-state index in [0.717, 1.165) is 46.8 Å². The van der Waals surface area contributed by atoms with E-state index >= 15 is 0 Å². The number of para-hydroxylation sites is 4. The van der Waals surface area contributed by atoms with E-state index in [4.69, 9.17) is 9.15 Å². The second-order valence-electron chi connectivity index (χ2n) is 11.5. The molecular formula is C35H49N2O2+. The Hall–Kier alpha value is -3.01. The molecule has 1 aromatic heterocycles. The molecule has 3 aromatic rings. The van der Waals surface area contributed by atoms with Crippen molar-refractivity contribution in [3.05, 3.63) is 72.5 Å². The topological polar surface area (TPSA) is 38.3 Å². The van der Waals surface area contributed by atoms with Gasteiger partial charge in [-0.1, -0.05) is 115 Å². The maximum absolute atomic E-state index is 6.19. The summed E-state index contributed by atoms with van der Waals surface area (Å²) in [7, 11) is 0. The summed E-state index contributed by atoms with van der Waals surface area (Å²) in [5.41, 5.74) is 3.09. The van der Waals surface area contributed by atoms with Crippen molar-refractivity contribution in [3.8, 4) is 5.75 Å². The van der Waals surface area contributed by atoms with Crippen molar-refractivity contribution >= 4 is 22.9 Å². The van der Waals surface area contributed by atoms with Gasteiger partial charge in [-0.05, 0) is 42.7 Å². The Bertz CT molecular complexity index is 1160. The molecule has 4 rings (SSSR count). The van der Waals surface area contributed by atoms with Crippen molar-refractivity contribution in [3.63, 3.8) is 0 Å². The first-order valence-electron chi connectivity index (χ1n) is 15.5. The highest BCUT2D eigenvalue weighted by atomic mass is 16.5. The van der Waals surface area contributed by atoms with Crippen molar-refractivity contribution in [2.75, 3.05) is 5.32 Å². The Morgan fingerprint density at radius 3 is 2.05 bits per heavy atom. The standard InChI is InChI=1S/C35H48N2O2/c1-29(2)21-14-12-10-8-6-4-3-5-7-9-11-13-19-28-37-31-23-16-18-25-33(31)39-35(37)27-20-26-34-36-30-22-15-17-24-32(30)38-34/h15-18,20,22-27,29H,3-14,19,21,28H2,1-2H3/p+1. The van der Waals surface area contributed by atoms with Gasteiger partial charge in [-0.3, -0.25) is 0 Å². The van der Waals surface area contributed by atoms with Crippen molar-refractivity contribution < 1.29 is 13.7 Å². The second kappa shape index (κ2) is 16.2. The molecule has 1 N–H and O–H groups in total. The van der Waals surface area contributed by atoms with Gasteiger partial charge in [0.05, 0.1) is 11.8 Å². The highest BCUT2D eigenvalue weighted by molar-refractivity contribution is 5.69. The van der Waals surface area contributed by atoms with Gasteiger partial charge in [0.25, 0.3) is 5.52 Å². The molecule has 4 nitrogen and oxygen atoms in total. The third-order valence-electron chi connectivity index (χ3n) is 7.65. The number of hydrogen-bond donors (Lipinski definition) is 1. The molecule has 0 spiro atoms. The van der Waals surface area contributed by atoms with E-state index in [9.17, 15) is 0 Å². The summed E-state index contributed by atoms with van der Waals surface area (Å²) in [5, 5.41) is 3.30. The first kappa shape index (κ1) is 29.0. The molecule has 0 fully saturated rings. The molecule has 39 heavy (non-hydrogen) atoms. The lowest BCUT2D eigenvalue weighted by molar-refractivity contribution is -0.678. The summed E-state index contributed by atoms with van der Waals surface area (Å²) >= 11 is 0. The van der Waals surface area contributed by atoms with Gasteiger partial charge < -0.3 is 14.5 Å². The molecule has 210 valence electrons. The molecule has 1 aliphatic rings. The number of aromatic nitrogens is 1. The van der Waals surface area contributed by atoms with Crippen LogP contribution in [0.5, 0.6) is 5.75 Å². The number of benzene rings is 2. The Morgan fingerprint density at radius 2 is 1.36 bits per heavy atom. The molecule has 0 saturated heterocycles. The highest BCUT2D eigenvalue weighted by Crippen LogP contribution is 2.32. The summed E-state index contributed by atoms with van der Waals surface area (Å²) in [6, 6.07) is 16.3. The summed E-state index contributed by atoms with van der Waals surface area (Å²) in [6.07, 6.45) is 25.3. The van der Waals surface area contributed by atoms with Gasteiger partial charge in [0.1, 0.15) is 0 Å². The lowest BCUT2D eigenvalue weighted by atomic mass is 10.0. The van der Waals surface area contributed by atoms with Crippen molar-refractivity contribution in [1.82, 2.24) is 0 Å². The number of nitrogens with one attached hydrogen (secondary N) is 1. The largest absolute Gasteiger partial charge is 0.439 e. The second-order valence-corrected chi connectivity index (χ2v) is 11.5. The van der Waals surface area contributed by atoms with E-state index in [1.54, 1.807) is 0 Å². The van der Waals surface area contributed by atoms with Crippen LogP contribution < -0.4 is 14.6 Å². The Labute approximate surface area is 236 Å². The molecule has 2 heterocycles. The van der Waals surface area contributed by atoms with Gasteiger partial charge in [-0.15, -0.1) is 0 Å². The predicted molar refractivity (Wildman–Crippen MR) is 164 cm³/mol. The Balaban J connectivity index is 1.12. The summed E-state index contributed by atoms with van der Waals surface area (Å²) in [4.78, 5) is 0. The maximum atomic E-state index is 6.19. The van der Waals surface area contributed by atoms with E-state index in [0.29, 0.717) is 0 Å². The van der Waals surface area contributed by atoms with Gasteiger partial charge >= 0.3 is 5.89 Å². The molecular weight excluding hydrogens is 480 g/mol. The van der Waals surface area contributed by atoms with Crippen LogP contribution in [-0.2, 0) is 6.54 Å². The third-order valence-corrected chi connectivity index (χ3v) is 7.65. The average Bonchev–Trinajstić information content (AvgIpc) is 3.51.